The minimum atomic E-state index is -1.79. The van der Waals surface area contributed by atoms with Crippen LogP contribution in [0.1, 0.15) is 39.5 Å². The predicted molar refractivity (Wildman–Crippen MR) is 42.3 cm³/mol. The molecule has 6 heteroatoms. The van der Waals surface area contributed by atoms with E-state index >= 15 is 0 Å². The smallest absolute Gasteiger partial charge is 0.549 e. The van der Waals surface area contributed by atoms with Crippen LogP contribution in [0.4, 0.5) is 0 Å². The van der Waals surface area contributed by atoms with Gasteiger partial charge in [0.25, 0.3) is 0 Å². The van der Waals surface area contributed by atoms with Crippen molar-refractivity contribution >= 4 is 11.9 Å². The fourth-order valence-corrected chi connectivity index (χ4v) is 1.47. The normalized spacial score (nSPS) is 9.73. The zero-order valence-corrected chi connectivity index (χ0v) is 16.2. The molecule has 0 N–H and O–H groups in total. The molecule has 0 radical (unpaired) electrons. The first-order valence-electron chi connectivity index (χ1n) is 4.44. The molecule has 0 spiro atoms. The molecule has 0 saturated heterocycles. The number of carboxylic acids is 2. The summed E-state index contributed by atoms with van der Waals surface area (Å²) in [5.41, 5.74) is -1.79. The molecule has 0 bridgehead atoms. The molecular formula is C9H14K2O4. The van der Waals surface area contributed by atoms with E-state index in [0.29, 0.717) is 12.8 Å². The summed E-state index contributed by atoms with van der Waals surface area (Å²) in [4.78, 5) is 21.4. The van der Waals surface area contributed by atoms with Gasteiger partial charge in [-0.05, 0) is 12.8 Å². The van der Waals surface area contributed by atoms with Gasteiger partial charge >= 0.3 is 103 Å². The van der Waals surface area contributed by atoms with Crippen LogP contribution < -0.4 is 113 Å². The van der Waals surface area contributed by atoms with Crippen LogP contribution in [-0.2, 0) is 9.59 Å². The van der Waals surface area contributed by atoms with E-state index in [9.17, 15) is 19.8 Å². The summed E-state index contributed by atoms with van der Waals surface area (Å²) < 4.78 is 0. The van der Waals surface area contributed by atoms with Crippen LogP contribution in [0.5, 0.6) is 0 Å². The van der Waals surface area contributed by atoms with Crippen molar-refractivity contribution in [1.29, 1.82) is 0 Å². The summed E-state index contributed by atoms with van der Waals surface area (Å²) >= 11 is 0. The average molecular weight is 264 g/mol. The maximum Gasteiger partial charge on any atom is 1.00 e. The van der Waals surface area contributed by atoms with E-state index in [1.54, 1.807) is 13.8 Å². The first kappa shape index (κ1) is 22.4. The van der Waals surface area contributed by atoms with Gasteiger partial charge in [-0.2, -0.15) is 0 Å². The molecule has 0 heterocycles. The molecule has 0 saturated carbocycles. The summed E-state index contributed by atoms with van der Waals surface area (Å²) in [6.07, 6.45) is 1.13. The van der Waals surface area contributed by atoms with Crippen molar-refractivity contribution in [2.45, 2.75) is 39.5 Å². The van der Waals surface area contributed by atoms with Gasteiger partial charge in [-0.25, -0.2) is 0 Å². The fraction of sp³-hybridized carbons (Fsp3) is 0.778. The summed E-state index contributed by atoms with van der Waals surface area (Å²) in [7, 11) is 0. The molecule has 0 fully saturated rings. The van der Waals surface area contributed by atoms with Gasteiger partial charge in [0.1, 0.15) is 0 Å². The molecule has 76 valence electrons. The van der Waals surface area contributed by atoms with Gasteiger partial charge in [-0.3, -0.25) is 0 Å². The fourth-order valence-electron chi connectivity index (χ4n) is 1.47. The standard InChI is InChI=1S/C9H16O4.2K/c1-3-5-9(6-4-2,7(10)11)8(12)13;;/h3-6H2,1-2H3,(H,10,11)(H,12,13);;/q;2*+1/p-2. The van der Waals surface area contributed by atoms with Crippen molar-refractivity contribution < 1.29 is 123 Å². The molecule has 15 heavy (non-hydrogen) atoms. The Morgan fingerprint density at radius 2 is 1.20 bits per heavy atom. The SMILES string of the molecule is CCCC(CCC)(C(=O)[O-])C(=O)[O-].[K+].[K+]. The number of carbonyl (C=O) groups excluding carboxylic acids is 2. The zero-order valence-electron chi connectivity index (χ0n) is 9.96. The quantitative estimate of drug-likeness (QED) is 0.353. The molecule has 4 nitrogen and oxygen atoms in total. The van der Waals surface area contributed by atoms with Gasteiger partial charge in [0.2, 0.25) is 0 Å². The molecule has 0 aromatic rings. The monoisotopic (exact) mass is 264 g/mol. The predicted octanol–water partition coefficient (Wildman–Crippen LogP) is -6.92. The summed E-state index contributed by atoms with van der Waals surface area (Å²) in [5, 5.41) is 21.4. The van der Waals surface area contributed by atoms with Gasteiger partial charge in [0, 0.05) is 5.41 Å². The van der Waals surface area contributed by atoms with E-state index in [1.807, 2.05) is 0 Å². The second-order valence-electron chi connectivity index (χ2n) is 3.16. The average Bonchev–Trinajstić information content (AvgIpc) is 2.03. The van der Waals surface area contributed by atoms with Gasteiger partial charge in [0.15, 0.2) is 0 Å². The van der Waals surface area contributed by atoms with Crippen LogP contribution in [-0.4, -0.2) is 11.9 Å². The Hall–Kier alpha value is 2.21. The first-order chi connectivity index (χ1) is 6.01. The largest absolute Gasteiger partial charge is 1.00 e. The van der Waals surface area contributed by atoms with E-state index in [4.69, 9.17) is 0 Å². The van der Waals surface area contributed by atoms with E-state index < -0.39 is 17.4 Å². The molecule has 0 rings (SSSR count). The molecule has 0 aliphatic heterocycles. The van der Waals surface area contributed by atoms with Crippen molar-refractivity contribution in [2.75, 3.05) is 0 Å². The van der Waals surface area contributed by atoms with Crippen molar-refractivity contribution in [3.8, 4) is 0 Å². The Bertz CT molecular complexity index is 184. The van der Waals surface area contributed by atoms with Crippen molar-refractivity contribution in [3.63, 3.8) is 0 Å². The van der Waals surface area contributed by atoms with E-state index in [0.717, 1.165) is 0 Å². The molecule has 0 aliphatic rings. The Morgan fingerprint density at radius 1 is 0.933 bits per heavy atom. The molecule has 0 aromatic heterocycles. The summed E-state index contributed by atoms with van der Waals surface area (Å²) in [6, 6.07) is 0. The van der Waals surface area contributed by atoms with Crippen molar-refractivity contribution in [3.05, 3.63) is 0 Å². The Morgan fingerprint density at radius 3 is 1.33 bits per heavy atom. The third kappa shape index (κ3) is 6.64. The summed E-state index contributed by atoms with van der Waals surface area (Å²) in [5.74, 6) is -3.06. The van der Waals surface area contributed by atoms with Gasteiger partial charge in [0.05, 0.1) is 11.9 Å². The van der Waals surface area contributed by atoms with Crippen LogP contribution in [0, 0.1) is 5.41 Å². The number of aliphatic carboxylic acids is 2. The van der Waals surface area contributed by atoms with Crippen LogP contribution in [0.25, 0.3) is 0 Å². The molecule has 0 amide bonds. The number of hydrogen-bond acceptors (Lipinski definition) is 4. The van der Waals surface area contributed by atoms with Crippen LogP contribution in [0.15, 0.2) is 0 Å². The van der Waals surface area contributed by atoms with E-state index in [2.05, 4.69) is 0 Å². The molecular weight excluding hydrogens is 250 g/mol. The zero-order chi connectivity index (χ0) is 10.5. The van der Waals surface area contributed by atoms with Crippen molar-refractivity contribution in [1.82, 2.24) is 0 Å². The molecule has 0 atom stereocenters. The van der Waals surface area contributed by atoms with Gasteiger partial charge in [-0.1, -0.05) is 26.7 Å². The second kappa shape index (κ2) is 11.3. The number of carboxylic acid groups (broad SMARTS) is 2. The van der Waals surface area contributed by atoms with Gasteiger partial charge < -0.3 is 19.8 Å². The number of carbonyl (C=O) groups is 2. The van der Waals surface area contributed by atoms with Crippen LogP contribution in [0.3, 0.4) is 0 Å². The topological polar surface area (TPSA) is 80.3 Å². The molecule has 0 aliphatic carbocycles. The third-order valence-corrected chi connectivity index (χ3v) is 2.14. The first-order valence-corrected chi connectivity index (χ1v) is 4.44. The van der Waals surface area contributed by atoms with Crippen LogP contribution in [0.2, 0.25) is 0 Å². The Kier molecular flexibility index (Phi) is 16.9. The van der Waals surface area contributed by atoms with Crippen molar-refractivity contribution in [2.24, 2.45) is 5.41 Å². The van der Waals surface area contributed by atoms with E-state index in [1.165, 1.54) is 0 Å². The maximum atomic E-state index is 10.7. The third-order valence-electron chi connectivity index (χ3n) is 2.14. The van der Waals surface area contributed by atoms with E-state index in [-0.39, 0.29) is 116 Å². The minimum Gasteiger partial charge on any atom is -0.549 e. The minimum absolute atomic E-state index is 0. The maximum absolute atomic E-state index is 10.7. The van der Waals surface area contributed by atoms with Gasteiger partial charge in [-0.15, -0.1) is 0 Å². The van der Waals surface area contributed by atoms with Crippen LogP contribution >= 0.6 is 0 Å². The second-order valence-corrected chi connectivity index (χ2v) is 3.16. The molecule has 0 aromatic carbocycles. The number of hydrogen-bond donors (Lipinski definition) is 0. The number of rotatable bonds is 6. The molecule has 0 unspecified atom stereocenters. The summed E-state index contributed by atoms with van der Waals surface area (Å²) in [6.45, 7) is 3.46. The Labute approximate surface area is 175 Å². The Balaban J connectivity index is -0.000000720.